The number of rotatable bonds is 2. The molecule has 2 aromatic heterocycles. The topological polar surface area (TPSA) is 66.7 Å². The number of carbonyl (C=O) groups is 2. The molecule has 0 bridgehead atoms. The summed E-state index contributed by atoms with van der Waals surface area (Å²) in [5, 5.41) is 0. The number of hydrogen-bond donors (Lipinski definition) is 0. The second-order valence-corrected chi connectivity index (χ2v) is 6.33. The van der Waals surface area contributed by atoms with Gasteiger partial charge >= 0.3 is 0 Å². The maximum Gasteiger partial charge on any atom is 0.257 e. The highest BCUT2D eigenvalue weighted by Crippen LogP contribution is 2.41. The third kappa shape index (κ3) is 2.40. The molecule has 6 nitrogen and oxygen atoms in total. The molecule has 23 heavy (non-hydrogen) atoms. The lowest BCUT2D eigenvalue weighted by molar-refractivity contribution is -0.117. The van der Waals surface area contributed by atoms with Gasteiger partial charge in [0, 0.05) is 37.7 Å². The van der Waals surface area contributed by atoms with E-state index in [1.807, 2.05) is 23.1 Å². The van der Waals surface area contributed by atoms with Gasteiger partial charge in [-0.15, -0.1) is 0 Å². The van der Waals surface area contributed by atoms with Gasteiger partial charge in [-0.05, 0) is 24.6 Å². The summed E-state index contributed by atoms with van der Waals surface area (Å²) in [5.41, 5.74) is 0.404. The highest BCUT2D eigenvalue weighted by Gasteiger charge is 2.49. The molecule has 2 aromatic rings. The third-order valence-corrected chi connectivity index (χ3v) is 4.74. The highest BCUT2D eigenvalue weighted by atomic mass is 16.3. The van der Waals surface area contributed by atoms with Crippen LogP contribution in [0, 0.1) is 5.41 Å². The third-order valence-electron chi connectivity index (χ3n) is 4.74. The molecule has 2 aliphatic rings. The van der Waals surface area contributed by atoms with E-state index in [0.29, 0.717) is 37.4 Å². The summed E-state index contributed by atoms with van der Waals surface area (Å²) in [6.07, 6.45) is 5.97. The molecule has 2 saturated heterocycles. The lowest BCUT2D eigenvalue weighted by Crippen LogP contribution is -2.34. The zero-order valence-corrected chi connectivity index (χ0v) is 12.6. The molecule has 2 amide bonds. The number of pyridine rings is 1. The van der Waals surface area contributed by atoms with E-state index in [0.717, 1.165) is 6.42 Å². The van der Waals surface area contributed by atoms with E-state index in [2.05, 4.69) is 4.98 Å². The molecule has 0 N–H and O–H groups in total. The van der Waals surface area contributed by atoms with Crippen LogP contribution in [0.15, 0.2) is 47.4 Å². The van der Waals surface area contributed by atoms with E-state index in [1.54, 1.807) is 17.2 Å². The van der Waals surface area contributed by atoms with Gasteiger partial charge in [-0.3, -0.25) is 14.5 Å². The predicted octanol–water partition coefficient (Wildman–Crippen LogP) is 1.94. The Balaban J connectivity index is 1.51. The Morgan fingerprint density at radius 2 is 2.17 bits per heavy atom. The van der Waals surface area contributed by atoms with Crippen LogP contribution in [0.3, 0.4) is 0 Å². The molecule has 4 rings (SSSR count). The average Bonchev–Trinajstić information content (AvgIpc) is 3.29. The summed E-state index contributed by atoms with van der Waals surface area (Å²) in [6.45, 7) is 1.90. The minimum absolute atomic E-state index is 0.0284. The van der Waals surface area contributed by atoms with Crippen LogP contribution in [-0.2, 0) is 4.79 Å². The second-order valence-electron chi connectivity index (χ2n) is 6.33. The number of aromatic nitrogens is 1. The maximum absolute atomic E-state index is 12.4. The molecule has 0 aliphatic carbocycles. The zero-order valence-electron chi connectivity index (χ0n) is 12.6. The molecule has 6 heteroatoms. The van der Waals surface area contributed by atoms with Gasteiger partial charge in [-0.1, -0.05) is 6.07 Å². The normalized spacial score (nSPS) is 23.9. The van der Waals surface area contributed by atoms with E-state index >= 15 is 0 Å². The SMILES string of the molecule is O=C(c1ccoc1)N1CC[C@]2(CC(=O)N(c3ccccn3)C2)C1. The first-order chi connectivity index (χ1) is 11.2. The molecule has 1 spiro atoms. The van der Waals surface area contributed by atoms with Gasteiger partial charge < -0.3 is 9.32 Å². The van der Waals surface area contributed by atoms with Gasteiger partial charge in [0.25, 0.3) is 5.91 Å². The number of nitrogens with zero attached hydrogens (tertiary/aromatic N) is 3. The number of anilines is 1. The van der Waals surface area contributed by atoms with Gasteiger partial charge in [0.15, 0.2) is 0 Å². The second kappa shape index (κ2) is 5.22. The van der Waals surface area contributed by atoms with Gasteiger partial charge in [0.2, 0.25) is 5.91 Å². The molecular weight excluding hydrogens is 294 g/mol. The van der Waals surface area contributed by atoms with E-state index in [1.165, 1.54) is 12.5 Å². The first kappa shape index (κ1) is 14.0. The number of furan rings is 1. The Labute approximate surface area is 133 Å². The Kier molecular flexibility index (Phi) is 3.18. The molecule has 0 radical (unpaired) electrons. The van der Waals surface area contributed by atoms with E-state index in [-0.39, 0.29) is 17.2 Å². The van der Waals surface area contributed by atoms with Gasteiger partial charge in [-0.25, -0.2) is 4.98 Å². The maximum atomic E-state index is 12.4. The van der Waals surface area contributed by atoms with E-state index in [9.17, 15) is 9.59 Å². The Morgan fingerprint density at radius 1 is 1.26 bits per heavy atom. The van der Waals surface area contributed by atoms with Gasteiger partial charge in [0.05, 0.1) is 11.8 Å². The summed E-state index contributed by atoms with van der Waals surface area (Å²) in [5.74, 6) is 0.745. The fourth-order valence-corrected chi connectivity index (χ4v) is 3.57. The van der Waals surface area contributed by atoms with Crippen molar-refractivity contribution in [2.45, 2.75) is 12.8 Å². The minimum atomic E-state index is -0.159. The van der Waals surface area contributed by atoms with Crippen molar-refractivity contribution in [3.05, 3.63) is 48.6 Å². The number of carbonyl (C=O) groups excluding carboxylic acids is 2. The molecule has 4 heterocycles. The van der Waals surface area contributed by atoms with Crippen LogP contribution in [0.4, 0.5) is 5.82 Å². The van der Waals surface area contributed by atoms with Crippen LogP contribution in [-0.4, -0.2) is 41.3 Å². The number of likely N-dealkylation sites (tertiary alicyclic amines) is 1. The van der Waals surface area contributed by atoms with E-state index < -0.39 is 0 Å². The molecule has 1 atom stereocenters. The van der Waals surface area contributed by atoms with Gasteiger partial charge in [-0.2, -0.15) is 0 Å². The van der Waals surface area contributed by atoms with Crippen molar-refractivity contribution in [2.24, 2.45) is 5.41 Å². The molecular formula is C17H17N3O3. The first-order valence-corrected chi connectivity index (χ1v) is 7.70. The van der Waals surface area contributed by atoms with Crippen LogP contribution in [0.1, 0.15) is 23.2 Å². The molecule has 0 aromatic carbocycles. The quantitative estimate of drug-likeness (QED) is 0.850. The van der Waals surface area contributed by atoms with Crippen LogP contribution >= 0.6 is 0 Å². The van der Waals surface area contributed by atoms with Crippen molar-refractivity contribution in [2.75, 3.05) is 24.5 Å². The monoisotopic (exact) mass is 311 g/mol. The molecule has 118 valence electrons. The summed E-state index contributed by atoms with van der Waals surface area (Å²) in [6, 6.07) is 7.23. The summed E-state index contributed by atoms with van der Waals surface area (Å²) >= 11 is 0. The molecule has 2 aliphatic heterocycles. The fraction of sp³-hybridized carbons (Fsp3) is 0.353. The molecule has 0 unspecified atom stereocenters. The highest BCUT2D eigenvalue weighted by molar-refractivity contribution is 5.96. The number of hydrogen-bond acceptors (Lipinski definition) is 4. The Morgan fingerprint density at radius 3 is 2.91 bits per heavy atom. The zero-order chi connectivity index (χ0) is 15.9. The summed E-state index contributed by atoms with van der Waals surface area (Å²) in [7, 11) is 0. The standard InChI is InChI=1S/C17H17N3O3/c21-15-9-17(12-20(15)14-3-1-2-6-18-14)5-7-19(11-17)16(22)13-4-8-23-10-13/h1-4,6,8,10H,5,7,9,11-12H2/t17-/m0/s1. The van der Waals surface area contributed by atoms with Gasteiger partial charge in [0.1, 0.15) is 12.1 Å². The lowest BCUT2D eigenvalue weighted by Gasteiger charge is -2.23. The van der Waals surface area contributed by atoms with Crippen LogP contribution < -0.4 is 4.90 Å². The molecule has 2 fully saturated rings. The van der Waals surface area contributed by atoms with Crippen molar-refractivity contribution in [3.63, 3.8) is 0 Å². The summed E-state index contributed by atoms with van der Waals surface area (Å²) < 4.78 is 4.99. The average molecular weight is 311 g/mol. The van der Waals surface area contributed by atoms with E-state index in [4.69, 9.17) is 4.42 Å². The van der Waals surface area contributed by atoms with Crippen molar-refractivity contribution in [3.8, 4) is 0 Å². The minimum Gasteiger partial charge on any atom is -0.472 e. The smallest absolute Gasteiger partial charge is 0.257 e. The number of amides is 2. The first-order valence-electron chi connectivity index (χ1n) is 7.70. The largest absolute Gasteiger partial charge is 0.472 e. The molecule has 0 saturated carbocycles. The summed E-state index contributed by atoms with van der Waals surface area (Å²) in [4.78, 5) is 32.7. The van der Waals surface area contributed by atoms with Crippen LogP contribution in [0.2, 0.25) is 0 Å². The van der Waals surface area contributed by atoms with Crippen LogP contribution in [0.25, 0.3) is 0 Å². The Hall–Kier alpha value is -2.63. The lowest BCUT2D eigenvalue weighted by atomic mass is 9.86. The predicted molar refractivity (Wildman–Crippen MR) is 82.9 cm³/mol. The van der Waals surface area contributed by atoms with Crippen molar-refractivity contribution >= 4 is 17.6 Å². The van der Waals surface area contributed by atoms with Crippen LogP contribution in [0.5, 0.6) is 0 Å². The fourth-order valence-electron chi connectivity index (χ4n) is 3.57. The van der Waals surface area contributed by atoms with Crippen molar-refractivity contribution in [1.82, 2.24) is 9.88 Å². The Bertz CT molecular complexity index is 729. The van der Waals surface area contributed by atoms with Crippen molar-refractivity contribution < 1.29 is 14.0 Å². The van der Waals surface area contributed by atoms with Crippen molar-refractivity contribution in [1.29, 1.82) is 0 Å².